The Balaban J connectivity index is 1.66. The minimum Gasteiger partial charge on any atom is -0.383 e. The van der Waals surface area contributed by atoms with Gasteiger partial charge in [-0.1, -0.05) is 11.6 Å². The molecule has 1 aliphatic rings. The monoisotopic (exact) mass is 399 g/mol. The number of aliphatic hydroxyl groups is 1. The van der Waals surface area contributed by atoms with Gasteiger partial charge in [0.05, 0.1) is 21.8 Å². The maximum atomic E-state index is 10.6. The van der Waals surface area contributed by atoms with Gasteiger partial charge in [0.2, 0.25) is 0 Å². The third kappa shape index (κ3) is 2.53. The Morgan fingerprint density at radius 1 is 1.26 bits per heavy atom. The van der Waals surface area contributed by atoms with Gasteiger partial charge in [0.15, 0.2) is 0 Å². The molecule has 5 rings (SSSR count). The van der Waals surface area contributed by atoms with Crippen LogP contribution in [0.15, 0.2) is 24.7 Å². The molecule has 4 aromatic rings. The molecule has 8 heteroatoms. The van der Waals surface area contributed by atoms with Crippen LogP contribution in [0.4, 0.5) is 0 Å². The van der Waals surface area contributed by atoms with Gasteiger partial charge in [-0.25, -0.2) is 9.97 Å². The van der Waals surface area contributed by atoms with Gasteiger partial charge in [0.25, 0.3) is 0 Å². The summed E-state index contributed by atoms with van der Waals surface area (Å²) in [4.78, 5) is 13.3. The van der Waals surface area contributed by atoms with Gasteiger partial charge in [-0.3, -0.25) is 4.68 Å². The number of H-pyrrole nitrogens is 1. The summed E-state index contributed by atoms with van der Waals surface area (Å²) in [7, 11) is 1.92. The quantitative estimate of drug-likeness (QED) is 0.534. The molecule has 0 unspecified atom stereocenters. The van der Waals surface area contributed by atoms with Gasteiger partial charge in [0.1, 0.15) is 16.3 Å². The lowest BCUT2D eigenvalue weighted by Gasteiger charge is -2.34. The van der Waals surface area contributed by atoms with Crippen LogP contribution < -0.4 is 0 Å². The molecule has 1 saturated carbocycles. The molecule has 6 nitrogen and oxygen atoms in total. The Bertz CT molecular complexity index is 1170. The summed E-state index contributed by atoms with van der Waals surface area (Å²) >= 11 is 8.03. The van der Waals surface area contributed by atoms with E-state index in [1.807, 2.05) is 24.9 Å². The molecule has 0 atom stereocenters. The van der Waals surface area contributed by atoms with E-state index < -0.39 is 5.60 Å². The maximum absolute atomic E-state index is 10.6. The Kier molecular flexibility index (Phi) is 3.69. The Morgan fingerprint density at radius 2 is 2.07 bits per heavy atom. The fourth-order valence-electron chi connectivity index (χ4n) is 3.54. The number of nitrogens with one attached hydrogen (secondary N) is 1. The first-order valence-electron chi connectivity index (χ1n) is 8.81. The highest BCUT2D eigenvalue weighted by atomic mass is 35.5. The summed E-state index contributed by atoms with van der Waals surface area (Å²) in [6.07, 6.45) is 7.89. The highest BCUT2D eigenvalue weighted by Gasteiger charge is 2.39. The molecule has 0 aliphatic heterocycles. The van der Waals surface area contributed by atoms with Crippen LogP contribution in [0, 0.1) is 6.92 Å². The maximum Gasteiger partial charge on any atom is 0.138 e. The first-order valence-corrected chi connectivity index (χ1v) is 10.0. The van der Waals surface area contributed by atoms with Gasteiger partial charge in [-0.05, 0) is 32.3 Å². The first-order chi connectivity index (χ1) is 13.0. The van der Waals surface area contributed by atoms with Crippen LogP contribution in [0.25, 0.3) is 32.7 Å². The largest absolute Gasteiger partial charge is 0.383 e. The van der Waals surface area contributed by atoms with Crippen molar-refractivity contribution in [3.63, 3.8) is 0 Å². The molecule has 0 saturated heterocycles. The van der Waals surface area contributed by atoms with Crippen molar-refractivity contribution in [2.45, 2.75) is 31.8 Å². The summed E-state index contributed by atoms with van der Waals surface area (Å²) in [5, 5.41) is 17.2. The average molecular weight is 400 g/mol. The summed E-state index contributed by atoms with van der Waals surface area (Å²) in [6, 6.07) is 2.06. The molecule has 27 heavy (non-hydrogen) atoms. The first kappa shape index (κ1) is 16.9. The normalized spacial score (nSPS) is 16.0. The van der Waals surface area contributed by atoms with Crippen molar-refractivity contribution >= 4 is 34.0 Å². The van der Waals surface area contributed by atoms with Crippen LogP contribution in [0.1, 0.15) is 30.0 Å². The molecule has 138 valence electrons. The van der Waals surface area contributed by atoms with Gasteiger partial charge in [-0.15, -0.1) is 11.3 Å². The van der Waals surface area contributed by atoms with Gasteiger partial charge in [0, 0.05) is 41.6 Å². The fourth-order valence-corrected chi connectivity index (χ4v) is 4.98. The minimum atomic E-state index is -0.766. The smallest absolute Gasteiger partial charge is 0.138 e. The van der Waals surface area contributed by atoms with E-state index in [1.54, 1.807) is 12.4 Å². The van der Waals surface area contributed by atoms with Crippen molar-refractivity contribution in [3.05, 3.63) is 40.4 Å². The van der Waals surface area contributed by atoms with E-state index in [4.69, 9.17) is 11.6 Å². The Labute approximate surface area is 164 Å². The van der Waals surface area contributed by atoms with Crippen LogP contribution in [0.3, 0.4) is 0 Å². The summed E-state index contributed by atoms with van der Waals surface area (Å²) in [5.41, 5.74) is 3.96. The number of thiazole rings is 1. The summed E-state index contributed by atoms with van der Waals surface area (Å²) in [5.74, 6) is 0. The zero-order valence-electron chi connectivity index (χ0n) is 15.0. The Hall–Kier alpha value is -2.22. The third-order valence-electron chi connectivity index (χ3n) is 5.47. The van der Waals surface area contributed by atoms with E-state index in [9.17, 15) is 5.11 Å². The molecule has 0 spiro atoms. The van der Waals surface area contributed by atoms with Crippen molar-refractivity contribution < 1.29 is 5.11 Å². The number of fused-ring (bicyclic) bond motifs is 1. The van der Waals surface area contributed by atoms with Gasteiger partial charge < -0.3 is 10.1 Å². The van der Waals surface area contributed by atoms with Crippen LogP contribution in [-0.4, -0.2) is 29.8 Å². The van der Waals surface area contributed by atoms with E-state index in [1.165, 1.54) is 11.3 Å². The lowest BCUT2D eigenvalue weighted by atomic mass is 9.81. The third-order valence-corrected chi connectivity index (χ3v) is 6.96. The molecule has 4 heterocycles. The van der Waals surface area contributed by atoms with Gasteiger partial charge in [-0.2, -0.15) is 5.10 Å². The topological polar surface area (TPSA) is 79.6 Å². The Morgan fingerprint density at radius 3 is 2.74 bits per heavy atom. The highest BCUT2D eigenvalue weighted by Crippen LogP contribution is 2.46. The number of hydrogen-bond donors (Lipinski definition) is 2. The zero-order chi connectivity index (χ0) is 18.8. The predicted octanol–water partition coefficient (Wildman–Crippen LogP) is 4.42. The molecule has 2 N–H and O–H groups in total. The van der Waals surface area contributed by atoms with Crippen molar-refractivity contribution in [3.8, 4) is 21.7 Å². The van der Waals surface area contributed by atoms with E-state index >= 15 is 0 Å². The van der Waals surface area contributed by atoms with E-state index in [0.29, 0.717) is 5.02 Å². The SMILES string of the molecule is Cc1c(-c2cc3c(-c4cnc(C5(O)CCC5)s4)c(Cl)cnc3[nH]2)cnn1C. The van der Waals surface area contributed by atoms with E-state index in [-0.39, 0.29) is 0 Å². The van der Waals surface area contributed by atoms with Gasteiger partial charge >= 0.3 is 0 Å². The molecule has 0 radical (unpaired) electrons. The molecular weight excluding hydrogens is 382 g/mol. The number of hydrogen-bond acceptors (Lipinski definition) is 5. The second-order valence-corrected chi connectivity index (χ2v) is 8.55. The number of rotatable bonds is 3. The molecule has 1 aliphatic carbocycles. The minimum absolute atomic E-state index is 0.576. The lowest BCUT2D eigenvalue weighted by Crippen LogP contribution is -2.33. The number of aromatic nitrogens is 5. The van der Waals surface area contributed by atoms with Crippen LogP contribution in [0.2, 0.25) is 5.02 Å². The van der Waals surface area contributed by atoms with Crippen molar-refractivity contribution in [1.82, 2.24) is 24.7 Å². The number of pyridine rings is 1. The van der Waals surface area contributed by atoms with Crippen molar-refractivity contribution in [2.24, 2.45) is 7.05 Å². The van der Waals surface area contributed by atoms with E-state index in [2.05, 4.69) is 26.1 Å². The number of aromatic amines is 1. The number of nitrogens with zero attached hydrogens (tertiary/aromatic N) is 4. The van der Waals surface area contributed by atoms with Crippen LogP contribution in [0.5, 0.6) is 0 Å². The second kappa shape index (κ2) is 5.89. The standard InChI is InChI=1S/C19H18ClN5OS/c1-10-12(7-23-25(10)2)14-6-11-16(13(20)8-21-17(11)24-14)15-9-22-18(27-15)19(26)4-3-5-19/h6-9,26H,3-5H2,1-2H3,(H,21,24). The number of halogens is 1. The molecule has 0 aromatic carbocycles. The zero-order valence-corrected chi connectivity index (χ0v) is 16.5. The molecule has 1 fully saturated rings. The predicted molar refractivity (Wildman–Crippen MR) is 107 cm³/mol. The highest BCUT2D eigenvalue weighted by molar-refractivity contribution is 7.15. The van der Waals surface area contributed by atoms with Crippen LogP contribution >= 0.6 is 22.9 Å². The second-order valence-electron chi connectivity index (χ2n) is 7.11. The molecule has 4 aromatic heterocycles. The van der Waals surface area contributed by atoms with Crippen molar-refractivity contribution in [1.29, 1.82) is 0 Å². The summed E-state index contributed by atoms with van der Waals surface area (Å²) < 4.78 is 1.84. The summed E-state index contributed by atoms with van der Waals surface area (Å²) in [6.45, 7) is 2.03. The molecule has 0 bridgehead atoms. The molecule has 0 amide bonds. The van der Waals surface area contributed by atoms with Crippen molar-refractivity contribution in [2.75, 3.05) is 0 Å². The van der Waals surface area contributed by atoms with Crippen LogP contribution in [-0.2, 0) is 12.6 Å². The van der Waals surface area contributed by atoms with E-state index in [0.717, 1.165) is 62.7 Å². The lowest BCUT2D eigenvalue weighted by molar-refractivity contribution is -0.0389. The fraction of sp³-hybridized carbons (Fsp3) is 0.316. The number of aryl methyl sites for hydroxylation is 1. The average Bonchev–Trinajstić information content (AvgIpc) is 3.33. The molecular formula is C19H18ClN5OS.